The van der Waals surface area contributed by atoms with Crippen molar-refractivity contribution in [1.82, 2.24) is 5.43 Å². The Bertz CT molecular complexity index is 236. The van der Waals surface area contributed by atoms with E-state index in [4.69, 9.17) is 5.73 Å². The molecule has 4 nitrogen and oxygen atoms in total. The van der Waals surface area contributed by atoms with E-state index in [1.807, 2.05) is 0 Å². The van der Waals surface area contributed by atoms with E-state index in [1.165, 1.54) is 19.3 Å². The third-order valence-electron chi connectivity index (χ3n) is 2.87. The molecule has 0 spiro atoms. The van der Waals surface area contributed by atoms with Crippen molar-refractivity contribution in [3.05, 3.63) is 0 Å². The maximum atomic E-state index is 10.3. The highest BCUT2D eigenvalue weighted by atomic mass is 16.2. The number of nitrogens with one attached hydrogen (secondary N) is 1. The zero-order valence-electron chi connectivity index (χ0n) is 6.92. The number of carbonyl (C=O) groups is 1. The summed E-state index contributed by atoms with van der Waals surface area (Å²) in [5.41, 5.74) is 8.32. The van der Waals surface area contributed by atoms with Crippen LogP contribution in [0.15, 0.2) is 5.10 Å². The summed E-state index contributed by atoms with van der Waals surface area (Å²) in [5, 5.41) is 3.96. The summed E-state index contributed by atoms with van der Waals surface area (Å²) in [4.78, 5) is 10.3. The maximum Gasteiger partial charge on any atom is 0.332 e. The molecule has 0 aliphatic heterocycles. The predicted octanol–water partition coefficient (Wildman–Crippen LogP) is 0.831. The summed E-state index contributed by atoms with van der Waals surface area (Å²) in [7, 11) is 0. The molecule has 0 bridgehead atoms. The van der Waals surface area contributed by atoms with Gasteiger partial charge in [0.1, 0.15) is 0 Å². The van der Waals surface area contributed by atoms with Crippen LogP contribution in [-0.2, 0) is 0 Å². The van der Waals surface area contributed by atoms with Gasteiger partial charge >= 0.3 is 6.03 Å². The fourth-order valence-electron chi connectivity index (χ4n) is 2.23. The number of carbonyl (C=O) groups excluding carboxylic acids is 1. The number of primary amides is 1. The Morgan fingerprint density at radius 3 is 3.08 bits per heavy atom. The molecule has 3 N–H and O–H groups in total. The number of hydrazone groups is 1. The van der Waals surface area contributed by atoms with Crippen LogP contribution in [0.4, 0.5) is 4.79 Å². The third-order valence-corrected chi connectivity index (χ3v) is 2.87. The molecule has 2 saturated carbocycles. The quantitative estimate of drug-likeness (QED) is 0.558. The number of hydrogen-bond acceptors (Lipinski definition) is 2. The van der Waals surface area contributed by atoms with Gasteiger partial charge in [0.2, 0.25) is 0 Å². The largest absolute Gasteiger partial charge is 0.350 e. The molecule has 12 heavy (non-hydrogen) atoms. The molecule has 0 heterocycles. The van der Waals surface area contributed by atoms with Crippen molar-refractivity contribution in [2.24, 2.45) is 22.7 Å². The summed E-state index contributed by atoms with van der Waals surface area (Å²) in [5.74, 6) is 1.50. The Balaban J connectivity index is 1.91. The lowest BCUT2D eigenvalue weighted by Gasteiger charge is -2.31. The molecule has 2 atom stereocenters. The zero-order valence-corrected chi connectivity index (χ0v) is 6.92. The monoisotopic (exact) mass is 167 g/mol. The Morgan fingerprint density at radius 1 is 1.58 bits per heavy atom. The molecule has 0 aromatic carbocycles. The molecule has 2 aliphatic rings. The van der Waals surface area contributed by atoms with Crippen molar-refractivity contribution in [3.8, 4) is 0 Å². The highest BCUT2D eigenvalue weighted by Gasteiger charge is 2.40. The van der Waals surface area contributed by atoms with Crippen LogP contribution in [-0.4, -0.2) is 11.7 Å². The van der Waals surface area contributed by atoms with Gasteiger partial charge in [-0.2, -0.15) is 5.10 Å². The second-order valence-electron chi connectivity index (χ2n) is 3.58. The van der Waals surface area contributed by atoms with Crippen molar-refractivity contribution in [3.63, 3.8) is 0 Å². The summed E-state index contributed by atoms with van der Waals surface area (Å²) in [6, 6.07) is -0.566. The number of rotatable bonds is 1. The molecule has 2 unspecified atom stereocenters. The van der Waals surface area contributed by atoms with Crippen LogP contribution in [0, 0.1) is 11.8 Å². The van der Waals surface area contributed by atoms with E-state index >= 15 is 0 Å². The molecule has 2 amide bonds. The van der Waals surface area contributed by atoms with Gasteiger partial charge in [-0.15, -0.1) is 0 Å². The molecule has 0 radical (unpaired) electrons. The van der Waals surface area contributed by atoms with Crippen molar-refractivity contribution in [2.75, 3.05) is 0 Å². The maximum absolute atomic E-state index is 10.3. The van der Waals surface area contributed by atoms with E-state index in [0.717, 1.165) is 18.1 Å². The minimum Gasteiger partial charge on any atom is -0.350 e. The Kier molecular flexibility index (Phi) is 1.75. The standard InChI is InChI=1S/C8H13N3O/c9-8(12)11-10-7-4-5-2-1-3-6(5)7/h5-6H,1-4H2,(H3,9,11,12)/b10-7-. The van der Waals surface area contributed by atoms with Crippen LogP contribution in [0.5, 0.6) is 0 Å². The first-order chi connectivity index (χ1) is 5.77. The Hall–Kier alpha value is -1.06. The molecule has 0 aromatic rings. The number of amides is 2. The van der Waals surface area contributed by atoms with Gasteiger partial charge in [-0.05, 0) is 25.2 Å². The van der Waals surface area contributed by atoms with Crippen molar-refractivity contribution < 1.29 is 4.79 Å². The van der Waals surface area contributed by atoms with Crippen LogP contribution in [0.3, 0.4) is 0 Å². The first-order valence-corrected chi connectivity index (χ1v) is 4.39. The van der Waals surface area contributed by atoms with Crippen LogP contribution >= 0.6 is 0 Å². The van der Waals surface area contributed by atoms with Gasteiger partial charge in [-0.1, -0.05) is 6.42 Å². The SMILES string of the molecule is NC(=O)N/N=C1/CC2CCCC12. The molecule has 2 rings (SSSR count). The number of nitrogens with two attached hydrogens (primary N) is 1. The number of hydrogen-bond donors (Lipinski definition) is 2. The third kappa shape index (κ3) is 1.17. The van der Waals surface area contributed by atoms with Gasteiger partial charge in [0, 0.05) is 11.6 Å². The highest BCUT2D eigenvalue weighted by Crippen LogP contribution is 2.44. The van der Waals surface area contributed by atoms with Crippen molar-refractivity contribution >= 4 is 11.7 Å². The summed E-state index contributed by atoms with van der Waals surface area (Å²) >= 11 is 0. The first-order valence-electron chi connectivity index (χ1n) is 4.39. The van der Waals surface area contributed by atoms with E-state index in [1.54, 1.807) is 0 Å². The lowest BCUT2D eigenvalue weighted by Crippen LogP contribution is -2.36. The molecular weight excluding hydrogens is 154 g/mol. The molecule has 0 aromatic heterocycles. The lowest BCUT2D eigenvalue weighted by atomic mass is 9.74. The topological polar surface area (TPSA) is 67.5 Å². The van der Waals surface area contributed by atoms with E-state index in [0.29, 0.717) is 5.92 Å². The number of urea groups is 1. The van der Waals surface area contributed by atoms with Crippen LogP contribution in [0.2, 0.25) is 0 Å². The minimum absolute atomic E-state index is 0.566. The van der Waals surface area contributed by atoms with E-state index in [9.17, 15) is 4.79 Å². The van der Waals surface area contributed by atoms with Gasteiger partial charge in [-0.3, -0.25) is 0 Å². The molecular formula is C8H13N3O. The van der Waals surface area contributed by atoms with Crippen LogP contribution < -0.4 is 11.2 Å². The molecule has 0 saturated heterocycles. The fraction of sp³-hybridized carbons (Fsp3) is 0.750. The van der Waals surface area contributed by atoms with E-state index in [-0.39, 0.29) is 0 Å². The average molecular weight is 167 g/mol. The molecule has 2 aliphatic carbocycles. The highest BCUT2D eigenvalue weighted by molar-refractivity contribution is 5.93. The fourth-order valence-corrected chi connectivity index (χ4v) is 2.23. The second kappa shape index (κ2) is 2.77. The van der Waals surface area contributed by atoms with Crippen molar-refractivity contribution in [2.45, 2.75) is 25.7 Å². The van der Waals surface area contributed by atoms with E-state index < -0.39 is 6.03 Å². The van der Waals surface area contributed by atoms with Crippen LogP contribution in [0.1, 0.15) is 25.7 Å². The molecule has 66 valence electrons. The second-order valence-corrected chi connectivity index (χ2v) is 3.58. The van der Waals surface area contributed by atoms with Gasteiger partial charge in [0.15, 0.2) is 0 Å². The normalized spacial score (nSPS) is 35.8. The molecule has 2 fully saturated rings. The van der Waals surface area contributed by atoms with Gasteiger partial charge < -0.3 is 5.73 Å². The zero-order chi connectivity index (χ0) is 8.55. The summed E-state index contributed by atoms with van der Waals surface area (Å²) < 4.78 is 0. The van der Waals surface area contributed by atoms with E-state index in [2.05, 4.69) is 10.5 Å². The number of fused-ring (bicyclic) bond motifs is 1. The van der Waals surface area contributed by atoms with Crippen LogP contribution in [0.25, 0.3) is 0 Å². The van der Waals surface area contributed by atoms with Crippen molar-refractivity contribution in [1.29, 1.82) is 0 Å². The lowest BCUT2D eigenvalue weighted by molar-refractivity contribution is 0.249. The summed E-state index contributed by atoms with van der Waals surface area (Å²) in [6.45, 7) is 0. The first kappa shape index (κ1) is 7.58. The minimum atomic E-state index is -0.566. The van der Waals surface area contributed by atoms with Gasteiger partial charge in [-0.25, -0.2) is 10.2 Å². The van der Waals surface area contributed by atoms with Gasteiger partial charge in [0.05, 0.1) is 0 Å². The number of nitrogens with zero attached hydrogens (tertiary/aromatic N) is 1. The van der Waals surface area contributed by atoms with Gasteiger partial charge in [0.25, 0.3) is 0 Å². The predicted molar refractivity (Wildman–Crippen MR) is 45.6 cm³/mol. The molecule has 4 heteroatoms. The summed E-state index contributed by atoms with van der Waals surface area (Å²) in [6.07, 6.45) is 4.94. The smallest absolute Gasteiger partial charge is 0.332 e. The Morgan fingerprint density at radius 2 is 2.42 bits per heavy atom. The average Bonchev–Trinajstić information content (AvgIpc) is 2.32. The Labute approximate surface area is 71.2 Å².